The minimum Gasteiger partial charge on any atom is -0.378 e. The van der Waals surface area contributed by atoms with E-state index in [0.717, 1.165) is 5.69 Å². The van der Waals surface area contributed by atoms with Gasteiger partial charge in [0.15, 0.2) is 5.82 Å². The summed E-state index contributed by atoms with van der Waals surface area (Å²) in [6, 6.07) is 7.89. The lowest BCUT2D eigenvalue weighted by molar-refractivity contribution is 0.0590. The van der Waals surface area contributed by atoms with Crippen molar-refractivity contribution in [2.24, 2.45) is 4.99 Å². The molecule has 35 heavy (non-hydrogen) atoms. The number of carbonyl (C=O) groups is 1. The number of benzene rings is 1. The predicted molar refractivity (Wildman–Crippen MR) is 130 cm³/mol. The molecule has 0 atom stereocenters. The number of aryl methyl sites for hydroxylation is 1. The van der Waals surface area contributed by atoms with E-state index in [-0.39, 0.29) is 5.69 Å². The molecule has 3 heterocycles. The Morgan fingerprint density at radius 1 is 1.14 bits per heavy atom. The first-order chi connectivity index (χ1) is 17.0. The minimum absolute atomic E-state index is 0.125. The standard InChI is InChI=1S/C24H29FN8O2/c1-18-15-20(5-6-27-18)29-23(34)30-21-4-2-3-19(22(21)25)16-31-7-9-32(10-8-31)24(28-17-26)33-11-13-35-14-12-33/h2-6,15H,7-14,16H2,1H3,(H2,27,29,30,34). The largest absolute Gasteiger partial charge is 0.378 e. The first-order valence-electron chi connectivity index (χ1n) is 11.6. The summed E-state index contributed by atoms with van der Waals surface area (Å²) in [6.45, 7) is 7.68. The molecule has 4 rings (SSSR count). The molecule has 2 aliphatic heterocycles. The number of anilines is 2. The van der Waals surface area contributed by atoms with Crippen LogP contribution >= 0.6 is 0 Å². The SMILES string of the molecule is Cc1cc(NC(=O)Nc2cccc(CN3CCN(C(=NC#N)N4CCOCC4)CC3)c2F)ccn1. The van der Waals surface area contributed by atoms with Crippen LogP contribution in [0.2, 0.25) is 0 Å². The molecule has 2 aliphatic rings. The molecule has 1 aromatic carbocycles. The molecule has 11 heteroatoms. The van der Waals surface area contributed by atoms with Crippen molar-refractivity contribution in [1.82, 2.24) is 19.7 Å². The maximum absolute atomic E-state index is 15.2. The lowest BCUT2D eigenvalue weighted by atomic mass is 10.1. The summed E-state index contributed by atoms with van der Waals surface area (Å²) in [6.07, 6.45) is 3.52. The number of piperazine rings is 1. The third kappa shape index (κ3) is 6.44. The highest BCUT2D eigenvalue weighted by Crippen LogP contribution is 2.21. The zero-order valence-electron chi connectivity index (χ0n) is 19.7. The maximum Gasteiger partial charge on any atom is 0.323 e. The Bertz CT molecular complexity index is 1100. The van der Waals surface area contributed by atoms with Gasteiger partial charge in [0.1, 0.15) is 0 Å². The van der Waals surface area contributed by atoms with Crippen molar-refractivity contribution in [2.75, 3.05) is 63.1 Å². The molecule has 2 fully saturated rings. The summed E-state index contributed by atoms with van der Waals surface area (Å²) in [4.78, 5) is 26.8. The molecule has 2 aromatic rings. The van der Waals surface area contributed by atoms with Crippen LogP contribution in [-0.2, 0) is 11.3 Å². The fourth-order valence-corrected chi connectivity index (χ4v) is 4.20. The number of morpholine rings is 1. The number of rotatable bonds is 4. The van der Waals surface area contributed by atoms with Gasteiger partial charge in [0.05, 0.1) is 18.9 Å². The van der Waals surface area contributed by atoms with Gasteiger partial charge in [-0.1, -0.05) is 12.1 Å². The highest BCUT2D eigenvalue weighted by molar-refractivity contribution is 5.99. The van der Waals surface area contributed by atoms with Gasteiger partial charge in [-0.3, -0.25) is 9.88 Å². The van der Waals surface area contributed by atoms with Crippen LogP contribution in [0.3, 0.4) is 0 Å². The molecule has 0 spiro atoms. The number of aliphatic imine (C=N–C) groups is 1. The Hall–Kier alpha value is -3.75. The third-order valence-electron chi connectivity index (χ3n) is 5.97. The van der Waals surface area contributed by atoms with Gasteiger partial charge in [0.2, 0.25) is 12.2 Å². The van der Waals surface area contributed by atoms with Crippen LogP contribution < -0.4 is 10.6 Å². The lowest BCUT2D eigenvalue weighted by Gasteiger charge is -2.40. The molecule has 184 valence electrons. The van der Waals surface area contributed by atoms with Crippen LogP contribution in [0.25, 0.3) is 0 Å². The average Bonchev–Trinajstić information content (AvgIpc) is 2.86. The normalized spacial score (nSPS) is 17.1. The van der Waals surface area contributed by atoms with Crippen molar-refractivity contribution in [3.05, 3.63) is 53.6 Å². The fraction of sp³-hybridized carbons (Fsp3) is 0.417. The third-order valence-corrected chi connectivity index (χ3v) is 5.97. The Kier molecular flexibility index (Phi) is 8.07. The molecule has 0 unspecified atom stereocenters. The second kappa shape index (κ2) is 11.6. The van der Waals surface area contributed by atoms with E-state index in [4.69, 9.17) is 10.00 Å². The van der Waals surface area contributed by atoms with E-state index in [1.54, 1.807) is 36.5 Å². The molecule has 1 aromatic heterocycles. The summed E-state index contributed by atoms with van der Waals surface area (Å²) in [7, 11) is 0. The van der Waals surface area contributed by atoms with Crippen LogP contribution in [0, 0.1) is 24.2 Å². The van der Waals surface area contributed by atoms with Gasteiger partial charge in [0, 0.05) is 69.0 Å². The zero-order valence-corrected chi connectivity index (χ0v) is 19.7. The maximum atomic E-state index is 15.2. The molecule has 0 bridgehead atoms. The van der Waals surface area contributed by atoms with E-state index < -0.39 is 11.8 Å². The van der Waals surface area contributed by atoms with Crippen LogP contribution in [0.15, 0.2) is 41.5 Å². The van der Waals surface area contributed by atoms with Crippen LogP contribution in [-0.4, -0.2) is 84.2 Å². The summed E-state index contributed by atoms with van der Waals surface area (Å²) >= 11 is 0. The Labute approximate surface area is 204 Å². The molecule has 0 saturated carbocycles. The Morgan fingerprint density at radius 3 is 2.60 bits per heavy atom. The molecule has 0 aliphatic carbocycles. The lowest BCUT2D eigenvalue weighted by Crippen LogP contribution is -2.55. The fourth-order valence-electron chi connectivity index (χ4n) is 4.20. The van der Waals surface area contributed by atoms with Gasteiger partial charge in [0.25, 0.3) is 0 Å². The van der Waals surface area contributed by atoms with Gasteiger partial charge in [-0.15, -0.1) is 4.99 Å². The molecule has 2 amide bonds. The topological polar surface area (TPSA) is 109 Å². The van der Waals surface area contributed by atoms with Crippen molar-refractivity contribution in [1.29, 1.82) is 5.26 Å². The van der Waals surface area contributed by atoms with Crippen molar-refractivity contribution in [2.45, 2.75) is 13.5 Å². The monoisotopic (exact) mass is 480 g/mol. The molecule has 10 nitrogen and oxygen atoms in total. The van der Waals surface area contributed by atoms with E-state index >= 15 is 4.39 Å². The summed E-state index contributed by atoms with van der Waals surface area (Å²) in [5.41, 5.74) is 1.99. The van der Waals surface area contributed by atoms with E-state index in [0.29, 0.717) is 76.2 Å². The van der Waals surface area contributed by atoms with Crippen molar-refractivity contribution in [3.8, 4) is 6.19 Å². The highest BCUT2D eigenvalue weighted by atomic mass is 19.1. The number of nitrogens with one attached hydrogen (secondary N) is 2. The molecule has 2 saturated heterocycles. The quantitative estimate of drug-likeness (QED) is 0.393. The predicted octanol–water partition coefficient (Wildman–Crippen LogP) is 2.46. The number of nitrogens with zero attached hydrogens (tertiary/aromatic N) is 6. The van der Waals surface area contributed by atoms with Gasteiger partial charge in [-0.05, 0) is 25.1 Å². The van der Waals surface area contributed by atoms with Crippen LogP contribution in [0.1, 0.15) is 11.3 Å². The van der Waals surface area contributed by atoms with Crippen molar-refractivity contribution in [3.63, 3.8) is 0 Å². The number of amides is 2. The Morgan fingerprint density at radius 2 is 1.89 bits per heavy atom. The van der Waals surface area contributed by atoms with E-state index in [1.807, 2.05) is 13.1 Å². The molecule has 2 N–H and O–H groups in total. The second-order valence-corrected chi connectivity index (χ2v) is 8.42. The number of halogens is 1. The van der Waals surface area contributed by atoms with E-state index in [9.17, 15) is 4.79 Å². The van der Waals surface area contributed by atoms with Gasteiger partial charge >= 0.3 is 6.03 Å². The van der Waals surface area contributed by atoms with Crippen LogP contribution in [0.4, 0.5) is 20.6 Å². The number of nitriles is 1. The molecule has 0 radical (unpaired) electrons. The first-order valence-corrected chi connectivity index (χ1v) is 11.6. The number of pyridine rings is 1. The summed E-state index contributed by atoms with van der Waals surface area (Å²) < 4.78 is 20.6. The van der Waals surface area contributed by atoms with E-state index in [1.165, 1.54) is 0 Å². The number of urea groups is 1. The zero-order chi connectivity index (χ0) is 24.6. The first kappa shape index (κ1) is 24.4. The number of aromatic nitrogens is 1. The second-order valence-electron chi connectivity index (χ2n) is 8.42. The highest BCUT2D eigenvalue weighted by Gasteiger charge is 2.26. The average molecular weight is 481 g/mol. The number of guanidine groups is 1. The summed E-state index contributed by atoms with van der Waals surface area (Å²) in [5.74, 6) is 0.235. The van der Waals surface area contributed by atoms with Gasteiger partial charge in [-0.25, -0.2) is 9.18 Å². The van der Waals surface area contributed by atoms with E-state index in [2.05, 4.69) is 35.3 Å². The smallest absolute Gasteiger partial charge is 0.323 e. The van der Waals surface area contributed by atoms with Gasteiger partial charge in [-0.2, -0.15) is 5.26 Å². The number of carbonyl (C=O) groups excluding carboxylic acids is 1. The van der Waals surface area contributed by atoms with Crippen molar-refractivity contribution >= 4 is 23.4 Å². The van der Waals surface area contributed by atoms with Crippen molar-refractivity contribution < 1.29 is 13.9 Å². The summed E-state index contributed by atoms with van der Waals surface area (Å²) in [5, 5.41) is 14.4. The van der Waals surface area contributed by atoms with Crippen LogP contribution in [0.5, 0.6) is 0 Å². The number of ether oxygens (including phenoxy) is 1. The number of hydrogen-bond acceptors (Lipinski definition) is 6. The minimum atomic E-state index is -0.521. The molecular formula is C24H29FN8O2. The number of hydrogen-bond donors (Lipinski definition) is 2. The molecular weight excluding hydrogens is 451 g/mol. The van der Waals surface area contributed by atoms with Gasteiger partial charge < -0.3 is 25.2 Å². The Balaban J connectivity index is 1.34.